The molecule has 3 aliphatic carbocycles. The largest absolute Gasteiger partial charge is 0.460 e. The third-order valence-electron chi connectivity index (χ3n) is 8.58. The van der Waals surface area contributed by atoms with Crippen LogP contribution in [0.25, 0.3) is 0 Å². The van der Waals surface area contributed by atoms with Crippen LogP contribution in [0.3, 0.4) is 0 Å². The van der Waals surface area contributed by atoms with E-state index in [0.29, 0.717) is 18.8 Å². The molecule has 0 saturated heterocycles. The summed E-state index contributed by atoms with van der Waals surface area (Å²) in [4.78, 5) is 25.1. The monoisotopic (exact) mass is 378 g/mol. The van der Waals surface area contributed by atoms with E-state index in [9.17, 15) is 19.8 Å². The van der Waals surface area contributed by atoms with Crippen LogP contribution in [0.2, 0.25) is 0 Å². The van der Waals surface area contributed by atoms with Crippen molar-refractivity contribution in [1.29, 1.82) is 0 Å². The van der Waals surface area contributed by atoms with Gasteiger partial charge in [0.25, 0.3) is 0 Å². The Labute approximate surface area is 162 Å². The van der Waals surface area contributed by atoms with Crippen molar-refractivity contribution in [2.45, 2.75) is 72.0 Å². The van der Waals surface area contributed by atoms with Crippen molar-refractivity contribution in [1.82, 2.24) is 0 Å². The molecule has 3 saturated carbocycles. The van der Waals surface area contributed by atoms with E-state index in [0.717, 1.165) is 19.3 Å². The van der Waals surface area contributed by atoms with Crippen LogP contribution in [-0.2, 0) is 14.3 Å². The summed E-state index contributed by atoms with van der Waals surface area (Å²) in [6.45, 7) is 11.6. The number of rotatable bonds is 3. The molecule has 8 atom stereocenters. The number of aliphatic hydroxyl groups is 2. The first-order valence-electron chi connectivity index (χ1n) is 10.2. The van der Waals surface area contributed by atoms with Crippen LogP contribution < -0.4 is 0 Å². The van der Waals surface area contributed by atoms with E-state index >= 15 is 0 Å². The lowest BCUT2D eigenvalue weighted by Gasteiger charge is -2.62. The first kappa shape index (κ1) is 20.5. The Bertz CT molecular complexity index is 645. The third kappa shape index (κ3) is 2.72. The number of carbonyl (C=O) groups excluding carboxylic acids is 2. The highest BCUT2D eigenvalue weighted by molar-refractivity contribution is 5.85. The Morgan fingerprint density at radius 3 is 2.59 bits per heavy atom. The van der Waals surface area contributed by atoms with Crippen LogP contribution in [0.4, 0.5) is 0 Å². The minimum absolute atomic E-state index is 0.0546. The molecule has 5 heteroatoms. The number of aliphatic hydroxyl groups excluding tert-OH is 2. The van der Waals surface area contributed by atoms with Gasteiger partial charge in [-0.2, -0.15) is 0 Å². The molecule has 0 aromatic carbocycles. The van der Waals surface area contributed by atoms with Gasteiger partial charge in [-0.15, -0.1) is 6.58 Å². The number of hydrogen-bond donors (Lipinski definition) is 2. The predicted molar refractivity (Wildman–Crippen MR) is 102 cm³/mol. The van der Waals surface area contributed by atoms with Crippen LogP contribution in [0.15, 0.2) is 12.7 Å². The molecule has 5 nitrogen and oxygen atoms in total. The lowest BCUT2D eigenvalue weighted by atomic mass is 9.43. The maximum Gasteiger partial charge on any atom is 0.332 e. The molecule has 3 rings (SSSR count). The Kier molecular flexibility index (Phi) is 5.09. The number of Topliss-reactive ketones (excluding diaryl/α,β-unsaturated/α-hetero) is 1. The van der Waals surface area contributed by atoms with E-state index in [2.05, 4.69) is 27.4 Å². The van der Waals surface area contributed by atoms with Crippen LogP contribution in [0.5, 0.6) is 0 Å². The van der Waals surface area contributed by atoms with Gasteiger partial charge in [0.2, 0.25) is 0 Å². The van der Waals surface area contributed by atoms with Gasteiger partial charge in [0.15, 0.2) is 0 Å². The Hall–Kier alpha value is -1.20. The van der Waals surface area contributed by atoms with Crippen molar-refractivity contribution in [3.63, 3.8) is 0 Å². The second-order valence-electron chi connectivity index (χ2n) is 9.74. The van der Waals surface area contributed by atoms with Gasteiger partial charge < -0.3 is 14.9 Å². The summed E-state index contributed by atoms with van der Waals surface area (Å²) in [6, 6.07) is 0. The summed E-state index contributed by atoms with van der Waals surface area (Å²) in [6.07, 6.45) is 3.99. The fourth-order valence-corrected chi connectivity index (χ4v) is 6.86. The summed E-state index contributed by atoms with van der Waals surface area (Å²) >= 11 is 0. The van der Waals surface area contributed by atoms with E-state index in [-0.39, 0.29) is 23.0 Å². The molecule has 0 radical (unpaired) electrons. The second-order valence-corrected chi connectivity index (χ2v) is 9.74. The highest BCUT2D eigenvalue weighted by Crippen LogP contribution is 2.68. The van der Waals surface area contributed by atoms with Gasteiger partial charge in [-0.3, -0.25) is 4.79 Å². The molecule has 0 amide bonds. The van der Waals surface area contributed by atoms with Crippen molar-refractivity contribution in [2.75, 3.05) is 6.61 Å². The van der Waals surface area contributed by atoms with Gasteiger partial charge in [-0.25, -0.2) is 4.79 Å². The zero-order valence-electron chi connectivity index (χ0n) is 17.0. The molecule has 27 heavy (non-hydrogen) atoms. The Morgan fingerprint density at radius 2 is 2.00 bits per heavy atom. The summed E-state index contributed by atoms with van der Waals surface area (Å²) in [7, 11) is 0. The summed E-state index contributed by atoms with van der Waals surface area (Å²) in [5, 5.41) is 20.6. The second kappa shape index (κ2) is 6.70. The van der Waals surface area contributed by atoms with Gasteiger partial charge in [-0.05, 0) is 42.9 Å². The molecule has 152 valence electrons. The van der Waals surface area contributed by atoms with Gasteiger partial charge >= 0.3 is 5.97 Å². The van der Waals surface area contributed by atoms with Crippen LogP contribution in [-0.4, -0.2) is 40.8 Å². The molecule has 0 aromatic heterocycles. The number of ketones is 1. The minimum atomic E-state index is -0.684. The predicted octanol–water partition coefficient (Wildman–Crippen LogP) is 2.89. The lowest BCUT2D eigenvalue weighted by Crippen LogP contribution is -2.63. The fraction of sp³-hybridized carbons (Fsp3) is 0.818. The maximum atomic E-state index is 13.1. The van der Waals surface area contributed by atoms with E-state index < -0.39 is 35.6 Å². The van der Waals surface area contributed by atoms with Crippen molar-refractivity contribution in [3.05, 3.63) is 12.7 Å². The van der Waals surface area contributed by atoms with Crippen molar-refractivity contribution in [3.8, 4) is 0 Å². The molecule has 5 unspecified atom stereocenters. The molecule has 0 aromatic rings. The molecular formula is C22H34O5. The summed E-state index contributed by atoms with van der Waals surface area (Å²) in [5.74, 6) is -0.417. The zero-order chi connectivity index (χ0) is 20.2. The number of ether oxygens (including phenoxy) is 1. The van der Waals surface area contributed by atoms with Crippen LogP contribution >= 0.6 is 0 Å². The van der Waals surface area contributed by atoms with Crippen LogP contribution in [0, 0.1) is 34.0 Å². The lowest BCUT2D eigenvalue weighted by molar-refractivity contribution is -0.206. The Morgan fingerprint density at radius 1 is 1.33 bits per heavy atom. The highest BCUT2D eigenvalue weighted by atomic mass is 16.6. The average molecular weight is 379 g/mol. The molecule has 0 spiro atoms. The van der Waals surface area contributed by atoms with Crippen LogP contribution in [0.1, 0.15) is 59.8 Å². The molecule has 0 heterocycles. The van der Waals surface area contributed by atoms with E-state index in [1.165, 1.54) is 0 Å². The molecular weight excluding hydrogens is 344 g/mol. The Balaban J connectivity index is 2.20. The van der Waals surface area contributed by atoms with Gasteiger partial charge in [-0.1, -0.05) is 33.8 Å². The normalized spacial score (nSPS) is 49.7. The maximum absolute atomic E-state index is 13.1. The van der Waals surface area contributed by atoms with E-state index in [1.807, 2.05) is 6.92 Å². The number of carbonyl (C=O) groups is 2. The smallest absolute Gasteiger partial charge is 0.332 e. The van der Waals surface area contributed by atoms with E-state index in [1.54, 1.807) is 6.08 Å². The summed E-state index contributed by atoms with van der Waals surface area (Å²) < 4.78 is 5.73. The van der Waals surface area contributed by atoms with Crippen molar-refractivity contribution < 1.29 is 24.5 Å². The first-order valence-corrected chi connectivity index (χ1v) is 10.2. The topological polar surface area (TPSA) is 83.8 Å². The zero-order valence-corrected chi connectivity index (χ0v) is 17.0. The van der Waals surface area contributed by atoms with Crippen molar-refractivity contribution in [2.24, 2.45) is 34.0 Å². The number of hydrogen-bond acceptors (Lipinski definition) is 5. The van der Waals surface area contributed by atoms with Gasteiger partial charge in [0, 0.05) is 23.2 Å². The minimum Gasteiger partial charge on any atom is -0.460 e. The third-order valence-corrected chi connectivity index (χ3v) is 8.58. The molecule has 0 aliphatic heterocycles. The van der Waals surface area contributed by atoms with Crippen molar-refractivity contribution >= 4 is 11.8 Å². The van der Waals surface area contributed by atoms with Gasteiger partial charge in [0.1, 0.15) is 18.5 Å². The first-order chi connectivity index (χ1) is 12.6. The molecule has 3 fully saturated rings. The number of esters is 1. The highest BCUT2D eigenvalue weighted by Gasteiger charge is 2.68. The van der Waals surface area contributed by atoms with Gasteiger partial charge in [0.05, 0.1) is 6.10 Å². The standard InChI is InChI=1S/C22H34O5/c1-6-20(4)11-16(27-17(25)12-23)21(5)9-7-13(2)22(14(3)19(20)26)10-8-15(24)18(21)22/h6,13-14,16,18-19,23,26H,1,7-12H2,2-5H3/t13?,14?,16?,18?,19?,20-,21+,22+/m1/s1. The molecule has 3 aliphatic rings. The quantitative estimate of drug-likeness (QED) is 0.583. The SMILES string of the molecule is C=C[C@]1(C)CC(OC(=O)CO)[C@]2(C)CCC(C)[C@@]3(CCC(=O)C23)C(C)C1O. The fourth-order valence-electron chi connectivity index (χ4n) is 6.86. The van der Waals surface area contributed by atoms with E-state index in [4.69, 9.17) is 4.74 Å². The average Bonchev–Trinajstić information content (AvgIpc) is 3.02. The summed E-state index contributed by atoms with van der Waals surface area (Å²) in [5.41, 5.74) is -1.43. The molecule has 2 bridgehead atoms. The molecule has 2 N–H and O–H groups in total.